The first-order chi connectivity index (χ1) is 10.6. The van der Waals surface area contributed by atoms with Crippen molar-refractivity contribution in [2.45, 2.75) is 55.6 Å². The Kier molecular flexibility index (Phi) is 4.70. The summed E-state index contributed by atoms with van der Waals surface area (Å²) in [6.07, 6.45) is 5.62. The molecule has 0 amide bonds. The van der Waals surface area contributed by atoms with Crippen LogP contribution in [0.25, 0.3) is 0 Å². The van der Waals surface area contributed by atoms with Crippen LogP contribution in [0.15, 0.2) is 29.2 Å². The zero-order valence-corrected chi connectivity index (χ0v) is 13.5. The molecule has 122 valence electrons. The van der Waals surface area contributed by atoms with Gasteiger partial charge in [0.25, 0.3) is 0 Å². The molecule has 6 heteroatoms. The lowest BCUT2D eigenvalue weighted by atomic mass is 10.1. The molecular formula is C16H23NO4S. The van der Waals surface area contributed by atoms with Gasteiger partial charge >= 0.3 is 0 Å². The highest BCUT2D eigenvalue weighted by Gasteiger charge is 2.29. The highest BCUT2D eigenvalue weighted by molar-refractivity contribution is 7.89. The molecule has 2 fully saturated rings. The molecule has 3 rings (SSSR count). The molecule has 1 aromatic carbocycles. The summed E-state index contributed by atoms with van der Waals surface area (Å²) in [4.78, 5) is 0.264. The molecule has 2 aliphatic rings. The van der Waals surface area contributed by atoms with Crippen molar-refractivity contribution >= 4 is 10.0 Å². The Hall–Kier alpha value is -1.11. The van der Waals surface area contributed by atoms with Crippen LogP contribution in [0, 0.1) is 0 Å². The molecule has 0 radical (unpaired) electrons. The van der Waals surface area contributed by atoms with E-state index in [1.54, 1.807) is 24.3 Å². The topological polar surface area (TPSA) is 66.8 Å². The van der Waals surface area contributed by atoms with E-state index in [1.807, 2.05) is 0 Å². The van der Waals surface area contributed by atoms with Crippen molar-refractivity contribution in [3.8, 4) is 5.75 Å². The van der Waals surface area contributed by atoms with Gasteiger partial charge in [-0.05, 0) is 62.8 Å². The molecule has 0 bridgehead atoms. The molecule has 1 saturated carbocycles. The number of hydrogen-bond donors (Lipinski definition) is 1. The van der Waals surface area contributed by atoms with Crippen molar-refractivity contribution in [3.05, 3.63) is 24.3 Å². The number of β-amino-alcohol motifs (C(OH)–C–C–N with tert-alkyl or cyclic N) is 1. The third-order valence-corrected chi connectivity index (χ3v) is 6.31. The van der Waals surface area contributed by atoms with Crippen molar-refractivity contribution in [1.82, 2.24) is 4.31 Å². The van der Waals surface area contributed by atoms with E-state index < -0.39 is 16.1 Å². The van der Waals surface area contributed by atoms with Crippen molar-refractivity contribution in [3.63, 3.8) is 0 Å². The molecule has 1 heterocycles. The van der Waals surface area contributed by atoms with E-state index in [9.17, 15) is 13.5 Å². The number of piperidine rings is 1. The summed E-state index contributed by atoms with van der Waals surface area (Å²) in [6, 6.07) is 6.65. The van der Waals surface area contributed by atoms with Crippen LogP contribution in [0.3, 0.4) is 0 Å². The first-order valence-electron chi connectivity index (χ1n) is 8.00. The molecule has 1 aliphatic carbocycles. The number of aliphatic hydroxyl groups excluding tert-OH is 1. The van der Waals surface area contributed by atoms with Gasteiger partial charge in [-0.1, -0.05) is 0 Å². The van der Waals surface area contributed by atoms with Gasteiger partial charge in [0, 0.05) is 13.1 Å². The fraction of sp³-hybridized carbons (Fsp3) is 0.625. The molecule has 0 spiro atoms. The van der Waals surface area contributed by atoms with Gasteiger partial charge in [-0.15, -0.1) is 0 Å². The van der Waals surface area contributed by atoms with Crippen LogP contribution in [0.4, 0.5) is 0 Å². The molecule has 1 atom stereocenters. The van der Waals surface area contributed by atoms with E-state index in [2.05, 4.69) is 0 Å². The summed E-state index contributed by atoms with van der Waals surface area (Å²) in [5.41, 5.74) is 0. The zero-order valence-electron chi connectivity index (χ0n) is 12.6. The molecule has 5 nitrogen and oxygen atoms in total. The molecule has 1 unspecified atom stereocenters. The summed E-state index contributed by atoms with van der Waals surface area (Å²) in [5.74, 6) is 0.726. The second-order valence-electron chi connectivity index (χ2n) is 6.15. The minimum atomic E-state index is -3.52. The molecule has 0 aromatic heterocycles. The van der Waals surface area contributed by atoms with Gasteiger partial charge in [0.1, 0.15) is 5.75 Å². The summed E-state index contributed by atoms with van der Waals surface area (Å²) < 4.78 is 32.4. The van der Waals surface area contributed by atoms with E-state index in [0.717, 1.165) is 18.6 Å². The third kappa shape index (κ3) is 3.45. The minimum absolute atomic E-state index is 0.183. The number of aliphatic hydroxyl groups is 1. The predicted molar refractivity (Wildman–Crippen MR) is 83.3 cm³/mol. The van der Waals surface area contributed by atoms with Crippen LogP contribution in [0.5, 0.6) is 5.75 Å². The quantitative estimate of drug-likeness (QED) is 0.921. The van der Waals surface area contributed by atoms with Crippen LogP contribution in [0.1, 0.15) is 38.5 Å². The maximum Gasteiger partial charge on any atom is 0.243 e. The number of nitrogens with zero attached hydrogens (tertiary/aromatic N) is 1. The molecule has 1 saturated heterocycles. The number of benzene rings is 1. The van der Waals surface area contributed by atoms with E-state index in [0.29, 0.717) is 19.4 Å². The largest absolute Gasteiger partial charge is 0.490 e. The number of rotatable bonds is 4. The standard InChI is InChI=1S/C16H23NO4S/c18-13-4-3-11-17(12-13)22(19,20)16-9-7-15(8-10-16)21-14-5-1-2-6-14/h7-10,13-14,18H,1-6,11-12H2. The Morgan fingerprint density at radius 3 is 2.36 bits per heavy atom. The Bertz CT molecular complexity index is 593. The first kappa shape index (κ1) is 15.8. The van der Waals surface area contributed by atoms with Crippen LogP contribution in [-0.4, -0.2) is 43.1 Å². The van der Waals surface area contributed by atoms with Crippen LogP contribution in [0.2, 0.25) is 0 Å². The molecule has 22 heavy (non-hydrogen) atoms. The second kappa shape index (κ2) is 6.56. The zero-order chi connectivity index (χ0) is 15.6. The third-order valence-electron chi connectivity index (χ3n) is 4.43. The summed E-state index contributed by atoms with van der Waals surface area (Å²) in [7, 11) is -3.52. The smallest absolute Gasteiger partial charge is 0.243 e. The normalized spacial score (nSPS) is 24.5. The summed E-state index contributed by atoms with van der Waals surface area (Å²) in [6.45, 7) is 0.655. The lowest BCUT2D eigenvalue weighted by Gasteiger charge is -2.29. The fourth-order valence-corrected chi connectivity index (χ4v) is 4.69. The van der Waals surface area contributed by atoms with Gasteiger partial charge in [-0.25, -0.2) is 8.42 Å². The average Bonchev–Trinajstić information content (AvgIpc) is 3.01. The van der Waals surface area contributed by atoms with Gasteiger partial charge in [-0.2, -0.15) is 4.31 Å². The van der Waals surface area contributed by atoms with Crippen molar-refractivity contribution in [2.24, 2.45) is 0 Å². The Morgan fingerprint density at radius 2 is 1.73 bits per heavy atom. The predicted octanol–water partition coefficient (Wildman–Crippen LogP) is 2.15. The van der Waals surface area contributed by atoms with Gasteiger partial charge in [0.2, 0.25) is 10.0 Å². The first-order valence-corrected chi connectivity index (χ1v) is 9.44. The lowest BCUT2D eigenvalue weighted by molar-refractivity contribution is 0.108. The van der Waals surface area contributed by atoms with E-state index >= 15 is 0 Å². The number of ether oxygens (including phenoxy) is 1. The summed E-state index contributed by atoms with van der Waals surface area (Å²) in [5, 5.41) is 9.67. The average molecular weight is 325 g/mol. The Labute approximate surface area is 131 Å². The van der Waals surface area contributed by atoms with Gasteiger partial charge < -0.3 is 9.84 Å². The summed E-state index contributed by atoms with van der Waals surface area (Å²) >= 11 is 0. The lowest BCUT2D eigenvalue weighted by Crippen LogP contribution is -2.42. The van der Waals surface area contributed by atoms with Gasteiger partial charge in [0.05, 0.1) is 17.1 Å². The fourth-order valence-electron chi connectivity index (χ4n) is 3.18. The van der Waals surface area contributed by atoms with Crippen molar-refractivity contribution < 1.29 is 18.3 Å². The van der Waals surface area contributed by atoms with Crippen molar-refractivity contribution in [2.75, 3.05) is 13.1 Å². The maximum absolute atomic E-state index is 12.6. The van der Waals surface area contributed by atoms with Crippen LogP contribution >= 0.6 is 0 Å². The molecule has 1 aliphatic heterocycles. The molecule has 1 aromatic rings. The van der Waals surface area contributed by atoms with Crippen molar-refractivity contribution in [1.29, 1.82) is 0 Å². The van der Waals surface area contributed by atoms with E-state index in [4.69, 9.17) is 4.74 Å². The van der Waals surface area contributed by atoms with E-state index in [-0.39, 0.29) is 17.5 Å². The SMILES string of the molecule is O=S(=O)(c1ccc(OC2CCCC2)cc1)N1CCCC(O)C1. The Morgan fingerprint density at radius 1 is 1.05 bits per heavy atom. The Balaban J connectivity index is 1.70. The van der Waals surface area contributed by atoms with Gasteiger partial charge in [0.15, 0.2) is 0 Å². The minimum Gasteiger partial charge on any atom is -0.490 e. The monoisotopic (exact) mass is 325 g/mol. The maximum atomic E-state index is 12.6. The second-order valence-corrected chi connectivity index (χ2v) is 8.09. The number of hydrogen-bond acceptors (Lipinski definition) is 4. The highest BCUT2D eigenvalue weighted by atomic mass is 32.2. The van der Waals surface area contributed by atoms with Crippen LogP contribution in [-0.2, 0) is 10.0 Å². The number of sulfonamides is 1. The highest BCUT2D eigenvalue weighted by Crippen LogP contribution is 2.26. The molecule has 1 N–H and O–H groups in total. The van der Waals surface area contributed by atoms with Crippen LogP contribution < -0.4 is 4.74 Å². The molecular weight excluding hydrogens is 302 g/mol. The van der Waals surface area contributed by atoms with Gasteiger partial charge in [-0.3, -0.25) is 0 Å². The van der Waals surface area contributed by atoms with E-state index in [1.165, 1.54) is 17.1 Å².